The summed E-state index contributed by atoms with van der Waals surface area (Å²) in [7, 11) is 3.69. The predicted molar refractivity (Wildman–Crippen MR) is 105 cm³/mol. The van der Waals surface area contributed by atoms with Crippen LogP contribution in [-0.2, 0) is 4.79 Å². The van der Waals surface area contributed by atoms with Crippen LogP contribution in [0.15, 0.2) is 4.99 Å². The van der Waals surface area contributed by atoms with Crippen LogP contribution >= 0.6 is 24.0 Å². The summed E-state index contributed by atoms with van der Waals surface area (Å²) in [4.78, 5) is 20.8. The smallest absolute Gasteiger partial charge is 0.239 e. The molecule has 23 heavy (non-hydrogen) atoms. The fraction of sp³-hybridized carbons (Fsp3) is 0.875. The first-order valence-corrected chi connectivity index (χ1v) is 8.62. The number of hydrogen-bond acceptors (Lipinski definition) is 3. The van der Waals surface area contributed by atoms with Gasteiger partial charge in [0.15, 0.2) is 5.96 Å². The van der Waals surface area contributed by atoms with Gasteiger partial charge in [-0.1, -0.05) is 0 Å². The SMILES string of the molecule is CCNC(=NCCCN1CCCC1C(=O)N(C)C)NC1CC1.I. The first-order valence-electron chi connectivity index (χ1n) is 8.62. The Morgan fingerprint density at radius 2 is 2.04 bits per heavy atom. The second kappa shape index (κ2) is 10.3. The number of nitrogens with one attached hydrogen (secondary N) is 2. The molecule has 0 spiro atoms. The van der Waals surface area contributed by atoms with Gasteiger partial charge in [-0.3, -0.25) is 14.7 Å². The quantitative estimate of drug-likeness (QED) is 0.273. The maximum Gasteiger partial charge on any atom is 0.239 e. The Balaban J connectivity index is 0.00000264. The van der Waals surface area contributed by atoms with Crippen molar-refractivity contribution in [3.8, 4) is 0 Å². The molecule has 2 aliphatic rings. The molecule has 1 unspecified atom stereocenters. The number of carbonyl (C=O) groups excluding carboxylic acids is 1. The normalized spacial score (nSPS) is 21.7. The van der Waals surface area contributed by atoms with E-state index in [1.54, 1.807) is 4.90 Å². The average Bonchev–Trinajstić information content (AvgIpc) is 3.18. The van der Waals surface area contributed by atoms with Gasteiger partial charge in [0.2, 0.25) is 5.91 Å². The lowest BCUT2D eigenvalue weighted by molar-refractivity contribution is -0.133. The molecule has 1 saturated heterocycles. The zero-order chi connectivity index (χ0) is 15.9. The zero-order valence-corrected chi connectivity index (χ0v) is 17.0. The van der Waals surface area contributed by atoms with Crippen LogP contribution < -0.4 is 10.6 Å². The number of likely N-dealkylation sites (tertiary alicyclic amines) is 1. The van der Waals surface area contributed by atoms with E-state index in [1.165, 1.54) is 12.8 Å². The van der Waals surface area contributed by atoms with Crippen LogP contribution in [0.2, 0.25) is 0 Å². The number of carbonyl (C=O) groups is 1. The van der Waals surface area contributed by atoms with E-state index in [-0.39, 0.29) is 35.9 Å². The van der Waals surface area contributed by atoms with Crippen LogP contribution in [0.25, 0.3) is 0 Å². The van der Waals surface area contributed by atoms with Gasteiger partial charge in [-0.15, -0.1) is 24.0 Å². The Morgan fingerprint density at radius 3 is 2.65 bits per heavy atom. The molecule has 0 aromatic rings. The van der Waals surface area contributed by atoms with Crippen LogP contribution in [-0.4, -0.2) is 74.0 Å². The van der Waals surface area contributed by atoms with Crippen molar-refractivity contribution in [2.75, 3.05) is 40.3 Å². The van der Waals surface area contributed by atoms with E-state index in [0.717, 1.165) is 51.4 Å². The Morgan fingerprint density at radius 1 is 1.30 bits per heavy atom. The zero-order valence-electron chi connectivity index (χ0n) is 14.7. The van der Waals surface area contributed by atoms with E-state index in [1.807, 2.05) is 14.1 Å². The minimum absolute atomic E-state index is 0. The number of aliphatic imine (C=N–C) groups is 1. The molecule has 134 valence electrons. The lowest BCUT2D eigenvalue weighted by atomic mass is 10.2. The Bertz CT molecular complexity index is 398. The molecule has 1 aliphatic heterocycles. The number of guanidine groups is 1. The molecule has 0 radical (unpaired) electrons. The summed E-state index contributed by atoms with van der Waals surface area (Å²) in [5, 5.41) is 6.72. The van der Waals surface area contributed by atoms with Crippen molar-refractivity contribution < 1.29 is 4.79 Å². The summed E-state index contributed by atoms with van der Waals surface area (Å²) in [6, 6.07) is 0.704. The Labute approximate surface area is 157 Å². The highest BCUT2D eigenvalue weighted by atomic mass is 127. The molecule has 0 aromatic carbocycles. The van der Waals surface area contributed by atoms with Gasteiger partial charge in [0.25, 0.3) is 0 Å². The van der Waals surface area contributed by atoms with Gasteiger partial charge < -0.3 is 15.5 Å². The third-order valence-corrected chi connectivity index (χ3v) is 4.23. The van der Waals surface area contributed by atoms with E-state index in [9.17, 15) is 4.79 Å². The van der Waals surface area contributed by atoms with Crippen LogP contribution in [0.4, 0.5) is 0 Å². The fourth-order valence-electron chi connectivity index (χ4n) is 2.88. The molecule has 2 N–H and O–H groups in total. The molecule has 7 heteroatoms. The first kappa shape index (κ1) is 20.5. The van der Waals surface area contributed by atoms with Crippen LogP contribution in [0.5, 0.6) is 0 Å². The number of halogens is 1. The van der Waals surface area contributed by atoms with E-state index in [2.05, 4.69) is 27.4 Å². The lowest BCUT2D eigenvalue weighted by Crippen LogP contribution is -2.43. The molecular weight excluding hydrogens is 405 g/mol. The number of nitrogens with zero attached hydrogens (tertiary/aromatic N) is 3. The maximum absolute atomic E-state index is 12.1. The van der Waals surface area contributed by atoms with E-state index < -0.39 is 0 Å². The molecule has 0 aromatic heterocycles. The molecule has 1 aliphatic carbocycles. The number of rotatable bonds is 7. The second-order valence-corrected chi connectivity index (χ2v) is 6.46. The minimum Gasteiger partial charge on any atom is -0.357 e. The van der Waals surface area contributed by atoms with Gasteiger partial charge in [-0.25, -0.2) is 0 Å². The van der Waals surface area contributed by atoms with Crippen molar-refractivity contribution >= 4 is 35.8 Å². The minimum atomic E-state index is 0. The summed E-state index contributed by atoms with van der Waals surface area (Å²) in [5.41, 5.74) is 0. The predicted octanol–water partition coefficient (Wildman–Crippen LogP) is 1.26. The molecule has 1 saturated carbocycles. The molecule has 2 rings (SSSR count). The van der Waals surface area contributed by atoms with Gasteiger partial charge in [-0.2, -0.15) is 0 Å². The fourth-order valence-corrected chi connectivity index (χ4v) is 2.88. The Hall–Kier alpha value is -0.570. The molecular formula is C16H32IN5O. The van der Waals surface area contributed by atoms with Crippen molar-refractivity contribution in [1.82, 2.24) is 20.4 Å². The summed E-state index contributed by atoms with van der Waals surface area (Å²) in [5.74, 6) is 1.18. The summed E-state index contributed by atoms with van der Waals surface area (Å²) in [6.45, 7) is 5.78. The van der Waals surface area contributed by atoms with Crippen LogP contribution in [0, 0.1) is 0 Å². The van der Waals surface area contributed by atoms with Crippen molar-refractivity contribution in [3.63, 3.8) is 0 Å². The van der Waals surface area contributed by atoms with Crippen molar-refractivity contribution in [1.29, 1.82) is 0 Å². The highest BCUT2D eigenvalue weighted by Crippen LogP contribution is 2.19. The van der Waals surface area contributed by atoms with Crippen LogP contribution in [0.3, 0.4) is 0 Å². The summed E-state index contributed by atoms with van der Waals surface area (Å²) >= 11 is 0. The molecule has 1 heterocycles. The highest BCUT2D eigenvalue weighted by Gasteiger charge is 2.31. The standard InChI is InChI=1S/C16H31N5O.HI/c1-4-17-16(19-13-8-9-13)18-10-6-12-21-11-5-7-14(21)15(22)20(2)3;/h13-14H,4-12H2,1-3H3,(H2,17,18,19);1H. The van der Waals surface area contributed by atoms with Gasteiger partial charge in [-0.05, 0) is 45.6 Å². The van der Waals surface area contributed by atoms with Crippen molar-refractivity contribution in [2.45, 2.75) is 51.1 Å². The van der Waals surface area contributed by atoms with E-state index in [0.29, 0.717) is 6.04 Å². The van der Waals surface area contributed by atoms with Gasteiger partial charge in [0.1, 0.15) is 0 Å². The molecule has 0 bridgehead atoms. The van der Waals surface area contributed by atoms with Crippen molar-refractivity contribution in [2.24, 2.45) is 4.99 Å². The largest absolute Gasteiger partial charge is 0.357 e. The number of likely N-dealkylation sites (N-methyl/N-ethyl adjacent to an activating group) is 1. The Kier molecular flexibility index (Phi) is 9.19. The molecule has 2 fully saturated rings. The third-order valence-electron chi connectivity index (χ3n) is 4.23. The average molecular weight is 437 g/mol. The summed E-state index contributed by atoms with van der Waals surface area (Å²) < 4.78 is 0. The number of amides is 1. The maximum atomic E-state index is 12.1. The van der Waals surface area contributed by atoms with Crippen molar-refractivity contribution in [3.05, 3.63) is 0 Å². The van der Waals surface area contributed by atoms with Gasteiger partial charge in [0, 0.05) is 39.8 Å². The molecule has 6 nitrogen and oxygen atoms in total. The summed E-state index contributed by atoms with van der Waals surface area (Å²) in [6.07, 6.45) is 5.63. The third kappa shape index (κ3) is 6.82. The van der Waals surface area contributed by atoms with Gasteiger partial charge >= 0.3 is 0 Å². The number of hydrogen-bond donors (Lipinski definition) is 2. The molecule has 1 atom stereocenters. The van der Waals surface area contributed by atoms with Gasteiger partial charge in [0.05, 0.1) is 6.04 Å². The first-order chi connectivity index (χ1) is 10.6. The van der Waals surface area contributed by atoms with E-state index >= 15 is 0 Å². The topological polar surface area (TPSA) is 60.0 Å². The second-order valence-electron chi connectivity index (χ2n) is 6.46. The van der Waals surface area contributed by atoms with Crippen LogP contribution in [0.1, 0.15) is 39.0 Å². The highest BCUT2D eigenvalue weighted by molar-refractivity contribution is 14.0. The van der Waals surface area contributed by atoms with E-state index in [4.69, 9.17) is 0 Å². The molecule has 1 amide bonds. The monoisotopic (exact) mass is 437 g/mol. The lowest BCUT2D eigenvalue weighted by Gasteiger charge is -2.25.